The number of benzene rings is 1. The molecule has 0 N–H and O–H groups in total. The van der Waals surface area contributed by atoms with Crippen molar-refractivity contribution in [2.24, 2.45) is 0 Å². The number of nitrogens with zero attached hydrogens (tertiary/aromatic N) is 2. The van der Waals surface area contributed by atoms with Gasteiger partial charge in [-0.3, -0.25) is 9.48 Å². The average Bonchev–Trinajstić information content (AvgIpc) is 2.86. The first kappa shape index (κ1) is 15.5. The maximum atomic E-state index is 12.3. The van der Waals surface area contributed by atoms with Gasteiger partial charge in [-0.05, 0) is 30.9 Å². The van der Waals surface area contributed by atoms with Crippen molar-refractivity contribution in [2.75, 3.05) is 0 Å². The molecule has 1 heterocycles. The Morgan fingerprint density at radius 2 is 1.86 bits per heavy atom. The topological polar surface area (TPSA) is 34.9 Å². The molecule has 0 saturated heterocycles. The number of carbonyl (C=O) groups excluding carboxylic acids is 1. The minimum absolute atomic E-state index is 0.208. The van der Waals surface area contributed by atoms with Crippen LogP contribution in [0.25, 0.3) is 0 Å². The van der Waals surface area contributed by atoms with Crippen LogP contribution in [0.3, 0.4) is 0 Å². The number of aromatic nitrogens is 2. The first-order chi connectivity index (χ1) is 10.1. The van der Waals surface area contributed by atoms with Gasteiger partial charge < -0.3 is 0 Å². The van der Waals surface area contributed by atoms with Crippen LogP contribution in [0.2, 0.25) is 0 Å². The number of ketones is 1. The van der Waals surface area contributed by atoms with Gasteiger partial charge in [0.15, 0.2) is 5.78 Å². The highest BCUT2D eigenvalue weighted by molar-refractivity contribution is 5.98. The smallest absolute Gasteiger partial charge is 0.166 e. The molecule has 0 saturated carbocycles. The predicted molar refractivity (Wildman–Crippen MR) is 85.9 cm³/mol. The van der Waals surface area contributed by atoms with Gasteiger partial charge in [-0.2, -0.15) is 5.10 Å². The molecule has 3 nitrogen and oxygen atoms in total. The summed E-state index contributed by atoms with van der Waals surface area (Å²) in [6, 6.07) is 8.34. The number of hydrogen-bond donors (Lipinski definition) is 0. The minimum atomic E-state index is 0.208. The van der Waals surface area contributed by atoms with Crippen LogP contribution < -0.4 is 0 Å². The summed E-state index contributed by atoms with van der Waals surface area (Å²) in [5.41, 5.74) is 5.38. The predicted octanol–water partition coefficient (Wildman–Crippen LogP) is 3.96. The van der Waals surface area contributed by atoms with Crippen LogP contribution in [-0.4, -0.2) is 15.6 Å². The normalized spacial score (nSPS) is 10.9. The van der Waals surface area contributed by atoms with Gasteiger partial charge in [-0.25, -0.2) is 0 Å². The summed E-state index contributed by atoms with van der Waals surface area (Å²) in [6.45, 7) is 8.92. The zero-order valence-electron chi connectivity index (χ0n) is 13.4. The largest absolute Gasteiger partial charge is 0.294 e. The van der Waals surface area contributed by atoms with E-state index in [1.807, 2.05) is 17.7 Å². The Hall–Kier alpha value is -1.90. The first-order valence-corrected chi connectivity index (χ1v) is 7.78. The Morgan fingerprint density at radius 1 is 1.14 bits per heavy atom. The Kier molecular flexibility index (Phi) is 4.94. The van der Waals surface area contributed by atoms with Gasteiger partial charge in [0.05, 0.1) is 17.8 Å². The Labute approximate surface area is 127 Å². The van der Waals surface area contributed by atoms with E-state index in [0.29, 0.717) is 6.42 Å². The average molecular weight is 284 g/mol. The van der Waals surface area contributed by atoms with Crippen molar-refractivity contribution in [3.05, 3.63) is 52.3 Å². The molecule has 0 aliphatic carbocycles. The van der Waals surface area contributed by atoms with Gasteiger partial charge in [0.1, 0.15) is 0 Å². The van der Waals surface area contributed by atoms with E-state index < -0.39 is 0 Å². The molecule has 0 bridgehead atoms. The fourth-order valence-electron chi connectivity index (χ4n) is 2.74. The number of aryl methyl sites for hydroxylation is 2. The van der Waals surface area contributed by atoms with Gasteiger partial charge in [0.2, 0.25) is 0 Å². The van der Waals surface area contributed by atoms with E-state index in [2.05, 4.69) is 39.0 Å². The second-order valence-electron chi connectivity index (χ2n) is 5.34. The van der Waals surface area contributed by atoms with E-state index in [9.17, 15) is 4.79 Å². The molecule has 0 amide bonds. The summed E-state index contributed by atoms with van der Waals surface area (Å²) < 4.78 is 2.02. The van der Waals surface area contributed by atoms with E-state index in [1.165, 1.54) is 11.1 Å². The standard InChI is InChI=1S/C18H24N2O/c1-5-15-18(17(21)7-3)16(6-2)20(19-15)12-14-11-9-8-10-13(14)4/h8-11H,5-7,12H2,1-4H3. The molecule has 3 heteroatoms. The van der Waals surface area contributed by atoms with Crippen LogP contribution in [0.4, 0.5) is 0 Å². The monoisotopic (exact) mass is 284 g/mol. The van der Waals surface area contributed by atoms with E-state index in [-0.39, 0.29) is 5.78 Å². The molecule has 112 valence electrons. The van der Waals surface area contributed by atoms with Gasteiger partial charge in [-0.1, -0.05) is 45.0 Å². The third-order valence-electron chi connectivity index (χ3n) is 3.98. The minimum Gasteiger partial charge on any atom is -0.294 e. The van der Waals surface area contributed by atoms with Gasteiger partial charge >= 0.3 is 0 Å². The second kappa shape index (κ2) is 6.70. The van der Waals surface area contributed by atoms with Crippen molar-refractivity contribution in [1.29, 1.82) is 0 Å². The summed E-state index contributed by atoms with van der Waals surface area (Å²) in [5.74, 6) is 0.208. The number of carbonyl (C=O) groups is 1. The van der Waals surface area contributed by atoms with Crippen molar-refractivity contribution in [1.82, 2.24) is 9.78 Å². The molecular formula is C18H24N2O. The first-order valence-electron chi connectivity index (χ1n) is 7.78. The summed E-state index contributed by atoms with van der Waals surface area (Å²) in [6.07, 6.45) is 2.17. The van der Waals surface area contributed by atoms with Crippen LogP contribution in [0.5, 0.6) is 0 Å². The lowest BCUT2D eigenvalue weighted by atomic mass is 10.0. The molecular weight excluding hydrogens is 260 g/mol. The van der Waals surface area contributed by atoms with Crippen LogP contribution in [-0.2, 0) is 19.4 Å². The summed E-state index contributed by atoms with van der Waals surface area (Å²) in [5, 5.41) is 4.70. The van der Waals surface area contributed by atoms with Crippen LogP contribution in [0, 0.1) is 6.92 Å². The zero-order chi connectivity index (χ0) is 15.4. The Morgan fingerprint density at radius 3 is 2.43 bits per heavy atom. The molecule has 0 unspecified atom stereocenters. The molecule has 2 rings (SSSR count). The lowest BCUT2D eigenvalue weighted by Gasteiger charge is -2.09. The van der Waals surface area contributed by atoms with Crippen molar-refractivity contribution >= 4 is 5.78 Å². The lowest BCUT2D eigenvalue weighted by Crippen LogP contribution is -2.09. The third-order valence-corrected chi connectivity index (χ3v) is 3.98. The summed E-state index contributed by atoms with van der Waals surface area (Å²) >= 11 is 0. The summed E-state index contributed by atoms with van der Waals surface area (Å²) in [7, 11) is 0. The van der Waals surface area contributed by atoms with E-state index in [4.69, 9.17) is 5.10 Å². The molecule has 2 aromatic rings. The quantitative estimate of drug-likeness (QED) is 0.753. The van der Waals surface area contributed by atoms with E-state index in [1.54, 1.807) is 0 Å². The Balaban J connectivity index is 2.47. The molecule has 0 aliphatic heterocycles. The van der Waals surface area contributed by atoms with Gasteiger partial charge in [-0.15, -0.1) is 0 Å². The molecule has 1 aromatic heterocycles. The molecule has 0 spiro atoms. The summed E-state index contributed by atoms with van der Waals surface area (Å²) in [4.78, 5) is 12.3. The Bertz CT molecular complexity index is 641. The zero-order valence-corrected chi connectivity index (χ0v) is 13.4. The van der Waals surface area contributed by atoms with Crippen molar-refractivity contribution in [3.8, 4) is 0 Å². The molecule has 0 radical (unpaired) electrons. The highest BCUT2D eigenvalue weighted by Crippen LogP contribution is 2.20. The second-order valence-corrected chi connectivity index (χ2v) is 5.34. The van der Waals surface area contributed by atoms with E-state index in [0.717, 1.165) is 36.3 Å². The third kappa shape index (κ3) is 3.07. The van der Waals surface area contributed by atoms with Crippen LogP contribution in [0.1, 0.15) is 60.1 Å². The number of rotatable bonds is 6. The van der Waals surface area contributed by atoms with Crippen molar-refractivity contribution in [3.63, 3.8) is 0 Å². The SMILES string of the molecule is CCC(=O)c1c(CC)nn(Cc2ccccc2C)c1CC. The maximum Gasteiger partial charge on any atom is 0.166 e. The highest BCUT2D eigenvalue weighted by atomic mass is 16.1. The van der Waals surface area contributed by atoms with Crippen molar-refractivity contribution < 1.29 is 4.79 Å². The number of hydrogen-bond acceptors (Lipinski definition) is 2. The van der Waals surface area contributed by atoms with Gasteiger partial charge in [0, 0.05) is 12.1 Å². The molecule has 0 atom stereocenters. The fourth-order valence-corrected chi connectivity index (χ4v) is 2.74. The molecule has 0 aliphatic rings. The lowest BCUT2D eigenvalue weighted by molar-refractivity contribution is 0.0986. The maximum absolute atomic E-state index is 12.3. The fraction of sp³-hybridized carbons (Fsp3) is 0.444. The van der Waals surface area contributed by atoms with Crippen LogP contribution >= 0.6 is 0 Å². The molecule has 21 heavy (non-hydrogen) atoms. The number of Topliss-reactive ketones (excluding diaryl/α,β-unsaturated/α-hetero) is 1. The van der Waals surface area contributed by atoms with Gasteiger partial charge in [0.25, 0.3) is 0 Å². The highest BCUT2D eigenvalue weighted by Gasteiger charge is 2.20. The molecule has 0 fully saturated rings. The van der Waals surface area contributed by atoms with E-state index >= 15 is 0 Å². The van der Waals surface area contributed by atoms with Crippen LogP contribution in [0.15, 0.2) is 24.3 Å². The molecule has 1 aromatic carbocycles. The van der Waals surface area contributed by atoms with Crippen molar-refractivity contribution in [2.45, 2.75) is 53.5 Å².